The van der Waals surface area contributed by atoms with Gasteiger partial charge in [0.1, 0.15) is 11.5 Å². The van der Waals surface area contributed by atoms with Crippen LogP contribution in [0.1, 0.15) is 24.9 Å². The number of H-pyrrole nitrogens is 1. The number of hydrogen-bond acceptors (Lipinski definition) is 2. The van der Waals surface area contributed by atoms with Crippen LogP contribution in [0.4, 0.5) is 0 Å². The molecule has 0 atom stereocenters. The quantitative estimate of drug-likeness (QED) is 0.812. The summed E-state index contributed by atoms with van der Waals surface area (Å²) >= 11 is 0. The van der Waals surface area contributed by atoms with Crippen molar-refractivity contribution in [2.24, 2.45) is 0 Å². The Morgan fingerprint density at radius 3 is 2.87 bits per heavy atom. The molecular formula is C11H15N3O. The van der Waals surface area contributed by atoms with Crippen LogP contribution in [0.2, 0.25) is 0 Å². The van der Waals surface area contributed by atoms with Gasteiger partial charge in [-0.2, -0.15) is 0 Å². The lowest BCUT2D eigenvalue weighted by Gasteiger charge is -2.06. The lowest BCUT2D eigenvalue weighted by atomic mass is 10.3. The molecule has 0 aliphatic rings. The number of aromatic nitrogens is 3. The summed E-state index contributed by atoms with van der Waals surface area (Å²) in [6.07, 6.45) is 0.942. The van der Waals surface area contributed by atoms with Gasteiger partial charge in [0.15, 0.2) is 0 Å². The average Bonchev–Trinajstić information content (AvgIpc) is 2.53. The second-order valence-corrected chi connectivity index (χ2v) is 3.83. The fourth-order valence-corrected chi connectivity index (χ4v) is 1.83. The molecule has 4 heteroatoms. The van der Waals surface area contributed by atoms with E-state index in [0.717, 1.165) is 24.5 Å². The molecule has 80 valence electrons. The summed E-state index contributed by atoms with van der Waals surface area (Å²) in [6.45, 7) is 6.59. The molecular weight excluding hydrogens is 190 g/mol. The van der Waals surface area contributed by atoms with Crippen LogP contribution in [-0.2, 0) is 6.54 Å². The molecule has 0 spiro atoms. The summed E-state index contributed by atoms with van der Waals surface area (Å²) in [6, 6.07) is 1.86. The van der Waals surface area contributed by atoms with Crippen LogP contribution in [0.15, 0.2) is 10.9 Å². The second kappa shape index (κ2) is 3.53. The average molecular weight is 205 g/mol. The predicted molar refractivity (Wildman–Crippen MR) is 60.1 cm³/mol. The molecule has 0 aliphatic heterocycles. The number of rotatable bonds is 2. The van der Waals surface area contributed by atoms with Crippen molar-refractivity contribution in [3.8, 4) is 0 Å². The van der Waals surface area contributed by atoms with E-state index in [-0.39, 0.29) is 5.56 Å². The highest BCUT2D eigenvalue weighted by atomic mass is 16.1. The summed E-state index contributed by atoms with van der Waals surface area (Å²) in [5.74, 6) is 0.774. The van der Waals surface area contributed by atoms with Gasteiger partial charge in [0, 0.05) is 12.2 Å². The molecule has 1 N–H and O–H groups in total. The highest BCUT2D eigenvalue weighted by Gasteiger charge is 2.08. The Labute approximate surface area is 88.0 Å². The van der Waals surface area contributed by atoms with Crippen molar-refractivity contribution in [2.45, 2.75) is 33.7 Å². The van der Waals surface area contributed by atoms with Gasteiger partial charge in [-0.3, -0.25) is 9.36 Å². The summed E-state index contributed by atoms with van der Waals surface area (Å²) in [7, 11) is 0. The van der Waals surface area contributed by atoms with Crippen LogP contribution in [0, 0.1) is 13.8 Å². The number of fused-ring (bicyclic) bond motifs is 1. The van der Waals surface area contributed by atoms with E-state index in [1.165, 1.54) is 0 Å². The fourth-order valence-electron chi connectivity index (χ4n) is 1.83. The second-order valence-electron chi connectivity index (χ2n) is 3.83. The Morgan fingerprint density at radius 2 is 2.20 bits per heavy atom. The van der Waals surface area contributed by atoms with Gasteiger partial charge in [-0.15, -0.1) is 0 Å². The van der Waals surface area contributed by atoms with Crippen molar-refractivity contribution < 1.29 is 0 Å². The molecule has 4 nitrogen and oxygen atoms in total. The monoisotopic (exact) mass is 205 g/mol. The van der Waals surface area contributed by atoms with Gasteiger partial charge in [-0.25, -0.2) is 4.98 Å². The molecule has 0 radical (unpaired) electrons. The Balaban J connectivity index is 2.77. The van der Waals surface area contributed by atoms with Crippen molar-refractivity contribution in [2.75, 3.05) is 0 Å². The van der Waals surface area contributed by atoms with E-state index in [2.05, 4.69) is 16.9 Å². The van der Waals surface area contributed by atoms with E-state index < -0.39 is 0 Å². The Bertz CT molecular complexity index is 551. The molecule has 0 saturated heterocycles. The fraction of sp³-hybridized carbons (Fsp3) is 0.455. The van der Waals surface area contributed by atoms with Crippen molar-refractivity contribution in [1.82, 2.24) is 14.5 Å². The topological polar surface area (TPSA) is 50.7 Å². The molecule has 2 heterocycles. The molecule has 0 amide bonds. The lowest BCUT2D eigenvalue weighted by molar-refractivity contribution is 0.625. The SMILES string of the molecule is CCCn1c(C)nc2[nH]c(C)cc2c1=O. The zero-order valence-corrected chi connectivity index (χ0v) is 9.29. The molecule has 0 bridgehead atoms. The van der Waals surface area contributed by atoms with Crippen molar-refractivity contribution >= 4 is 11.0 Å². The minimum Gasteiger partial charge on any atom is -0.343 e. The highest BCUT2D eigenvalue weighted by molar-refractivity contribution is 5.75. The summed E-state index contributed by atoms with van der Waals surface area (Å²) in [4.78, 5) is 19.5. The van der Waals surface area contributed by atoms with Crippen LogP contribution in [0.25, 0.3) is 11.0 Å². The maximum Gasteiger partial charge on any atom is 0.263 e. The Kier molecular flexibility index (Phi) is 2.34. The number of aromatic amines is 1. The number of aryl methyl sites for hydroxylation is 2. The van der Waals surface area contributed by atoms with Gasteiger partial charge in [0.2, 0.25) is 0 Å². The van der Waals surface area contributed by atoms with Crippen molar-refractivity contribution in [3.05, 3.63) is 27.9 Å². The molecule has 0 unspecified atom stereocenters. The molecule has 2 rings (SSSR count). The molecule has 0 saturated carbocycles. The summed E-state index contributed by atoms with van der Waals surface area (Å²) in [5, 5.41) is 0.687. The molecule has 2 aromatic rings. The predicted octanol–water partition coefficient (Wildman–Crippen LogP) is 1.75. The molecule has 0 fully saturated rings. The van der Waals surface area contributed by atoms with E-state index in [9.17, 15) is 4.79 Å². The van der Waals surface area contributed by atoms with Gasteiger partial charge in [0.05, 0.1) is 5.39 Å². The zero-order valence-electron chi connectivity index (χ0n) is 9.29. The number of nitrogens with zero attached hydrogens (tertiary/aromatic N) is 2. The molecule has 15 heavy (non-hydrogen) atoms. The first-order chi connectivity index (χ1) is 7.13. The van der Waals surface area contributed by atoms with E-state index in [4.69, 9.17) is 0 Å². The van der Waals surface area contributed by atoms with Gasteiger partial charge < -0.3 is 4.98 Å². The first-order valence-electron chi connectivity index (χ1n) is 5.20. The third-order valence-electron chi connectivity index (χ3n) is 2.52. The maximum atomic E-state index is 12.1. The minimum atomic E-state index is 0.0590. The van der Waals surface area contributed by atoms with Gasteiger partial charge in [-0.1, -0.05) is 6.92 Å². The third kappa shape index (κ3) is 1.56. The van der Waals surface area contributed by atoms with Crippen LogP contribution >= 0.6 is 0 Å². The molecule has 0 aliphatic carbocycles. The first-order valence-corrected chi connectivity index (χ1v) is 5.20. The lowest BCUT2D eigenvalue weighted by Crippen LogP contribution is -2.23. The largest absolute Gasteiger partial charge is 0.343 e. The summed E-state index contributed by atoms with van der Waals surface area (Å²) in [5.41, 5.74) is 1.73. The van der Waals surface area contributed by atoms with E-state index in [1.807, 2.05) is 19.9 Å². The normalized spacial score (nSPS) is 11.1. The van der Waals surface area contributed by atoms with Gasteiger partial charge in [0.25, 0.3) is 5.56 Å². The van der Waals surface area contributed by atoms with E-state index in [1.54, 1.807) is 4.57 Å². The van der Waals surface area contributed by atoms with Crippen molar-refractivity contribution in [3.63, 3.8) is 0 Å². The Hall–Kier alpha value is -1.58. The van der Waals surface area contributed by atoms with Crippen LogP contribution in [0.3, 0.4) is 0 Å². The standard InChI is InChI=1S/C11H15N3O/c1-4-5-14-8(3)13-10-9(11(14)15)6-7(2)12-10/h6,12H,4-5H2,1-3H3. The third-order valence-corrected chi connectivity index (χ3v) is 2.52. The highest BCUT2D eigenvalue weighted by Crippen LogP contribution is 2.09. The zero-order chi connectivity index (χ0) is 11.0. The number of nitrogens with one attached hydrogen (secondary N) is 1. The minimum absolute atomic E-state index is 0.0590. The van der Waals surface area contributed by atoms with E-state index >= 15 is 0 Å². The maximum absolute atomic E-state index is 12.1. The van der Waals surface area contributed by atoms with E-state index in [0.29, 0.717) is 11.0 Å². The van der Waals surface area contributed by atoms with Crippen LogP contribution < -0.4 is 5.56 Å². The first kappa shape index (κ1) is 9.96. The van der Waals surface area contributed by atoms with Gasteiger partial charge >= 0.3 is 0 Å². The molecule has 0 aromatic carbocycles. The van der Waals surface area contributed by atoms with Crippen LogP contribution in [0.5, 0.6) is 0 Å². The molecule has 2 aromatic heterocycles. The Morgan fingerprint density at radius 1 is 1.47 bits per heavy atom. The van der Waals surface area contributed by atoms with Crippen molar-refractivity contribution in [1.29, 1.82) is 0 Å². The summed E-state index contributed by atoms with van der Waals surface area (Å²) < 4.78 is 1.73. The smallest absolute Gasteiger partial charge is 0.263 e. The number of hydrogen-bond donors (Lipinski definition) is 1. The van der Waals surface area contributed by atoms with Crippen LogP contribution in [-0.4, -0.2) is 14.5 Å². The van der Waals surface area contributed by atoms with Gasteiger partial charge in [-0.05, 0) is 26.3 Å².